The summed E-state index contributed by atoms with van der Waals surface area (Å²) in [7, 11) is -3.69. The zero-order valence-corrected chi connectivity index (χ0v) is 10.1. The lowest BCUT2D eigenvalue weighted by Crippen LogP contribution is -2.46. The van der Waals surface area contributed by atoms with E-state index in [9.17, 15) is 13.5 Å². The highest BCUT2D eigenvalue weighted by Crippen LogP contribution is 2.31. The van der Waals surface area contributed by atoms with Crippen molar-refractivity contribution in [2.45, 2.75) is 19.3 Å². The Morgan fingerprint density at radius 2 is 2.24 bits per heavy atom. The smallest absolute Gasteiger partial charge is 0.212 e. The Hall–Kier alpha value is -1.31. The van der Waals surface area contributed by atoms with Gasteiger partial charge in [-0.25, -0.2) is 13.6 Å². The van der Waals surface area contributed by atoms with Crippen LogP contribution in [0.25, 0.3) is 0 Å². The first kappa shape index (κ1) is 12.2. The fourth-order valence-corrected chi connectivity index (χ4v) is 2.39. The quantitative estimate of drug-likeness (QED) is 0.680. The first-order valence-corrected chi connectivity index (χ1v) is 6.79. The van der Waals surface area contributed by atoms with Gasteiger partial charge in [0.2, 0.25) is 10.0 Å². The molecule has 0 spiro atoms. The number of aliphatic hydroxyl groups is 1. The maximum atomic E-state index is 11.0. The second-order valence-corrected chi connectivity index (χ2v) is 5.73. The summed E-state index contributed by atoms with van der Waals surface area (Å²) in [6, 6.07) is 5.40. The second-order valence-electron chi connectivity index (χ2n) is 4.07. The number of primary sulfonamides is 1. The third-order valence-electron chi connectivity index (χ3n) is 2.47. The minimum absolute atomic E-state index is 0.436. The molecule has 2 rings (SSSR count). The molecule has 2 unspecified atom stereocenters. The van der Waals surface area contributed by atoms with E-state index >= 15 is 0 Å². The van der Waals surface area contributed by atoms with E-state index in [1.54, 1.807) is 12.1 Å². The first-order chi connectivity index (χ1) is 7.85. The van der Waals surface area contributed by atoms with Crippen LogP contribution in [0, 0.1) is 6.92 Å². The fraction of sp³-hybridized carbons (Fsp3) is 0.400. The Morgan fingerprint density at radius 1 is 1.53 bits per heavy atom. The molecule has 1 heterocycles. The number of nitrogens with two attached hydrogens (primary N) is 1. The third-order valence-corrected chi connectivity index (χ3v) is 3.26. The van der Waals surface area contributed by atoms with Gasteiger partial charge in [-0.2, -0.15) is 0 Å². The topological polar surface area (TPSA) is 102 Å². The van der Waals surface area contributed by atoms with Crippen molar-refractivity contribution in [2.75, 3.05) is 11.1 Å². The molecule has 94 valence electrons. The van der Waals surface area contributed by atoms with Crippen molar-refractivity contribution in [1.82, 2.24) is 0 Å². The van der Waals surface area contributed by atoms with Crippen molar-refractivity contribution in [3.63, 3.8) is 0 Å². The van der Waals surface area contributed by atoms with E-state index in [0.717, 1.165) is 5.56 Å². The van der Waals surface area contributed by atoms with Crippen LogP contribution >= 0.6 is 0 Å². The Labute approximate surface area is 99.4 Å². The summed E-state index contributed by atoms with van der Waals surface area (Å²) < 4.78 is 27.4. The fourth-order valence-electron chi connectivity index (χ4n) is 1.68. The van der Waals surface area contributed by atoms with Crippen LogP contribution in [-0.4, -0.2) is 31.6 Å². The number of aliphatic hydroxyl groups excluding tert-OH is 1. The van der Waals surface area contributed by atoms with Crippen LogP contribution in [-0.2, 0) is 10.0 Å². The predicted octanol–water partition coefficient (Wildman–Crippen LogP) is -0.225. The molecule has 1 aromatic carbocycles. The van der Waals surface area contributed by atoms with Gasteiger partial charge in [-0.15, -0.1) is 0 Å². The van der Waals surface area contributed by atoms with E-state index in [2.05, 4.69) is 5.32 Å². The number of rotatable bonds is 2. The highest BCUT2D eigenvalue weighted by atomic mass is 32.2. The van der Waals surface area contributed by atoms with Crippen molar-refractivity contribution in [2.24, 2.45) is 5.14 Å². The number of hydrogen-bond acceptors (Lipinski definition) is 5. The van der Waals surface area contributed by atoms with Gasteiger partial charge >= 0.3 is 0 Å². The van der Waals surface area contributed by atoms with E-state index in [1.807, 2.05) is 13.0 Å². The van der Waals surface area contributed by atoms with Crippen molar-refractivity contribution >= 4 is 15.7 Å². The summed E-state index contributed by atoms with van der Waals surface area (Å²) in [4.78, 5) is 0. The second kappa shape index (κ2) is 4.17. The zero-order chi connectivity index (χ0) is 12.6. The summed E-state index contributed by atoms with van der Waals surface area (Å²) >= 11 is 0. The van der Waals surface area contributed by atoms with Crippen LogP contribution in [0.2, 0.25) is 0 Å². The normalized spacial score (nSPS) is 23.5. The van der Waals surface area contributed by atoms with E-state index in [0.29, 0.717) is 11.4 Å². The SMILES string of the molecule is Cc1ccc2c(c1)OC(CS(N)(=O)=O)C(O)N2. The van der Waals surface area contributed by atoms with Crippen LogP contribution in [0.3, 0.4) is 0 Å². The Kier molecular flexibility index (Phi) is 2.98. The van der Waals surface area contributed by atoms with Gasteiger partial charge in [0.1, 0.15) is 11.5 Å². The summed E-state index contributed by atoms with van der Waals surface area (Å²) in [6.07, 6.45) is -2.00. The zero-order valence-electron chi connectivity index (χ0n) is 9.25. The van der Waals surface area contributed by atoms with Gasteiger partial charge in [0, 0.05) is 0 Å². The molecule has 6 nitrogen and oxygen atoms in total. The number of nitrogens with one attached hydrogen (secondary N) is 1. The number of aryl methyl sites for hydroxylation is 1. The van der Waals surface area contributed by atoms with Gasteiger partial charge in [0.15, 0.2) is 12.3 Å². The van der Waals surface area contributed by atoms with E-state index in [4.69, 9.17) is 9.88 Å². The largest absolute Gasteiger partial charge is 0.482 e. The minimum Gasteiger partial charge on any atom is -0.482 e. The maximum Gasteiger partial charge on any atom is 0.212 e. The monoisotopic (exact) mass is 258 g/mol. The summed E-state index contributed by atoms with van der Waals surface area (Å²) in [5.41, 5.74) is 1.62. The molecule has 2 atom stereocenters. The molecule has 0 radical (unpaired) electrons. The average molecular weight is 258 g/mol. The molecule has 0 aliphatic carbocycles. The number of benzene rings is 1. The minimum atomic E-state index is -3.69. The lowest BCUT2D eigenvalue weighted by Gasteiger charge is -2.31. The number of fused-ring (bicyclic) bond motifs is 1. The van der Waals surface area contributed by atoms with Crippen LogP contribution < -0.4 is 15.2 Å². The molecule has 0 saturated carbocycles. The number of sulfonamides is 1. The highest BCUT2D eigenvalue weighted by Gasteiger charge is 2.30. The molecule has 7 heteroatoms. The van der Waals surface area contributed by atoms with Crippen LogP contribution in [0.15, 0.2) is 18.2 Å². The third kappa shape index (κ3) is 2.87. The first-order valence-electron chi connectivity index (χ1n) is 5.07. The standard InChI is InChI=1S/C10H14N2O4S/c1-6-2-3-7-8(4-6)16-9(10(13)12-7)5-17(11,14)15/h2-4,9-10,12-13H,5H2,1H3,(H2,11,14,15). The summed E-state index contributed by atoms with van der Waals surface area (Å²) in [6.45, 7) is 1.89. The molecule has 0 aromatic heterocycles. The molecular weight excluding hydrogens is 244 g/mol. The Balaban J connectivity index is 2.25. The van der Waals surface area contributed by atoms with Gasteiger partial charge in [0.25, 0.3) is 0 Å². The molecule has 17 heavy (non-hydrogen) atoms. The predicted molar refractivity (Wildman–Crippen MR) is 63.2 cm³/mol. The maximum absolute atomic E-state index is 11.0. The van der Waals surface area contributed by atoms with E-state index in [1.165, 1.54) is 0 Å². The molecule has 0 saturated heterocycles. The van der Waals surface area contributed by atoms with E-state index < -0.39 is 28.1 Å². The number of ether oxygens (including phenoxy) is 1. The lowest BCUT2D eigenvalue weighted by molar-refractivity contribution is 0.0587. The Morgan fingerprint density at radius 3 is 2.88 bits per heavy atom. The molecule has 0 amide bonds. The molecule has 0 fully saturated rings. The lowest BCUT2D eigenvalue weighted by atomic mass is 10.1. The average Bonchev–Trinajstić information content (AvgIpc) is 2.17. The van der Waals surface area contributed by atoms with Gasteiger partial charge < -0.3 is 15.2 Å². The molecule has 1 aromatic rings. The number of hydrogen-bond donors (Lipinski definition) is 3. The van der Waals surface area contributed by atoms with Crippen molar-refractivity contribution in [3.05, 3.63) is 23.8 Å². The highest BCUT2D eigenvalue weighted by molar-refractivity contribution is 7.89. The van der Waals surface area contributed by atoms with Gasteiger partial charge in [-0.3, -0.25) is 0 Å². The molecule has 1 aliphatic heterocycles. The summed E-state index contributed by atoms with van der Waals surface area (Å²) in [5, 5.41) is 17.4. The molecular formula is C10H14N2O4S. The van der Waals surface area contributed by atoms with Crippen molar-refractivity contribution in [3.8, 4) is 5.75 Å². The van der Waals surface area contributed by atoms with Crippen LogP contribution in [0.5, 0.6) is 5.75 Å². The van der Waals surface area contributed by atoms with Gasteiger partial charge in [-0.05, 0) is 24.6 Å². The van der Waals surface area contributed by atoms with Gasteiger partial charge in [0.05, 0.1) is 5.69 Å². The molecule has 1 aliphatic rings. The molecule has 0 bridgehead atoms. The van der Waals surface area contributed by atoms with Crippen LogP contribution in [0.4, 0.5) is 5.69 Å². The van der Waals surface area contributed by atoms with Gasteiger partial charge in [-0.1, -0.05) is 6.07 Å². The van der Waals surface area contributed by atoms with Crippen LogP contribution in [0.1, 0.15) is 5.56 Å². The van der Waals surface area contributed by atoms with Crippen molar-refractivity contribution in [1.29, 1.82) is 0 Å². The summed E-state index contributed by atoms with van der Waals surface area (Å²) in [5.74, 6) is 0.0816. The van der Waals surface area contributed by atoms with E-state index in [-0.39, 0.29) is 0 Å². The number of anilines is 1. The van der Waals surface area contributed by atoms with Crippen molar-refractivity contribution < 1.29 is 18.3 Å². The molecule has 4 N–H and O–H groups in total. The Bertz CT molecular complexity index is 529.